The summed E-state index contributed by atoms with van der Waals surface area (Å²) in [5.41, 5.74) is 6.60. The van der Waals surface area contributed by atoms with E-state index in [-0.39, 0.29) is 17.4 Å². The fraction of sp³-hybridized carbons (Fsp3) is 0.318. The Kier molecular flexibility index (Phi) is 6.02. The lowest BCUT2D eigenvalue weighted by Gasteiger charge is -2.18. The van der Waals surface area contributed by atoms with Gasteiger partial charge < -0.3 is 25.0 Å². The summed E-state index contributed by atoms with van der Waals surface area (Å²) in [5, 5.41) is 7.01. The number of amides is 2. The number of ether oxygens (including phenoxy) is 2. The van der Waals surface area contributed by atoms with Crippen molar-refractivity contribution >= 4 is 11.8 Å². The van der Waals surface area contributed by atoms with Gasteiger partial charge >= 0.3 is 0 Å². The van der Waals surface area contributed by atoms with Crippen LogP contribution in [-0.2, 0) is 4.79 Å². The molecule has 0 aliphatic heterocycles. The zero-order chi connectivity index (χ0) is 22.7. The Labute approximate surface area is 184 Å². The highest BCUT2D eigenvalue weighted by atomic mass is 16.5. The third-order valence-corrected chi connectivity index (χ3v) is 5.55. The summed E-state index contributed by atoms with van der Waals surface area (Å²) < 4.78 is 15.8. The third-order valence-electron chi connectivity index (χ3n) is 5.55. The van der Waals surface area contributed by atoms with Crippen LogP contribution in [0, 0.1) is 5.92 Å². The Bertz CT molecular complexity index is 1120. The second kappa shape index (κ2) is 9.04. The maximum absolute atomic E-state index is 13.0. The lowest BCUT2D eigenvalue weighted by atomic mass is 10.0. The van der Waals surface area contributed by atoms with Gasteiger partial charge in [-0.2, -0.15) is 9.97 Å². The smallest absolute Gasteiger partial charge is 0.257 e. The minimum absolute atomic E-state index is 0.131. The fourth-order valence-electron chi connectivity index (χ4n) is 3.90. The Hall–Kier alpha value is -3.95. The van der Waals surface area contributed by atoms with Crippen LogP contribution >= 0.6 is 0 Å². The van der Waals surface area contributed by atoms with Crippen molar-refractivity contribution in [3.05, 3.63) is 53.9 Å². The molecule has 1 fully saturated rings. The number of primary amides is 1. The fourth-order valence-corrected chi connectivity index (χ4v) is 3.90. The highest BCUT2D eigenvalue weighted by Crippen LogP contribution is 2.39. The van der Waals surface area contributed by atoms with E-state index in [1.807, 2.05) is 30.3 Å². The van der Waals surface area contributed by atoms with Gasteiger partial charge in [0.25, 0.3) is 5.91 Å². The van der Waals surface area contributed by atoms with E-state index in [2.05, 4.69) is 20.4 Å². The average Bonchev–Trinajstić information content (AvgIpc) is 3.46. The molecule has 10 heteroatoms. The topological polar surface area (TPSA) is 142 Å². The molecule has 0 saturated heterocycles. The van der Waals surface area contributed by atoms with Crippen molar-refractivity contribution < 1.29 is 23.6 Å². The molecule has 0 spiro atoms. The van der Waals surface area contributed by atoms with Crippen LogP contribution in [0.2, 0.25) is 0 Å². The van der Waals surface area contributed by atoms with Gasteiger partial charge in [-0.15, -0.1) is 0 Å². The number of hydrogen-bond donors (Lipinski definition) is 2. The van der Waals surface area contributed by atoms with Gasteiger partial charge in [-0.25, -0.2) is 0 Å². The van der Waals surface area contributed by atoms with E-state index in [4.69, 9.17) is 19.7 Å². The van der Waals surface area contributed by atoms with Crippen molar-refractivity contribution in [3.8, 4) is 23.1 Å². The number of nitrogens with two attached hydrogens (primary N) is 1. The maximum Gasteiger partial charge on any atom is 0.257 e. The van der Waals surface area contributed by atoms with Crippen LogP contribution in [-0.4, -0.2) is 47.2 Å². The highest BCUT2D eigenvalue weighted by molar-refractivity contribution is 5.96. The van der Waals surface area contributed by atoms with Gasteiger partial charge in [0, 0.05) is 23.6 Å². The molecule has 0 unspecified atom stereocenters. The van der Waals surface area contributed by atoms with Gasteiger partial charge in [0.15, 0.2) is 0 Å². The molecule has 1 aromatic carbocycles. The van der Waals surface area contributed by atoms with Crippen LogP contribution in [0.1, 0.15) is 35.0 Å². The molecular formula is C22H23N5O5. The highest BCUT2D eigenvalue weighted by Gasteiger charge is 2.42. The van der Waals surface area contributed by atoms with Gasteiger partial charge in [0.1, 0.15) is 5.56 Å². The standard InChI is InChI=1S/C22H23N5O5/c1-30-17-9-8-14(21(25-17)31-2)20(29)24-16-11-13(18(23)28)10-15(16)22-26-19(27-32-22)12-6-4-3-5-7-12/h3-9,13,15-16H,10-11H2,1-2H3,(H2,23,28)(H,24,29)/t13-,15-,16+/m1/s1. The molecule has 1 saturated carbocycles. The van der Waals surface area contributed by atoms with Gasteiger partial charge in [0.2, 0.25) is 29.4 Å². The number of aromatic nitrogens is 3. The molecular weight excluding hydrogens is 414 g/mol. The van der Waals surface area contributed by atoms with Crippen molar-refractivity contribution in [1.82, 2.24) is 20.4 Å². The monoisotopic (exact) mass is 437 g/mol. The van der Waals surface area contributed by atoms with Crippen LogP contribution in [0.25, 0.3) is 11.4 Å². The first kappa shape index (κ1) is 21.3. The molecule has 0 radical (unpaired) electrons. The summed E-state index contributed by atoms with van der Waals surface area (Å²) in [7, 11) is 2.90. The normalized spacial score (nSPS) is 20.0. The molecule has 1 aliphatic rings. The molecule has 3 aromatic rings. The minimum Gasteiger partial charge on any atom is -0.481 e. The van der Waals surface area contributed by atoms with Crippen LogP contribution in [0.5, 0.6) is 11.8 Å². The zero-order valence-electron chi connectivity index (χ0n) is 17.6. The van der Waals surface area contributed by atoms with Crippen LogP contribution < -0.4 is 20.5 Å². The quantitative estimate of drug-likeness (QED) is 0.571. The SMILES string of the molecule is COc1ccc(C(=O)N[C@H]2C[C@H](C(N)=O)C[C@H]2c2nc(-c3ccccc3)no2)c(OC)n1. The Morgan fingerprint density at radius 2 is 1.84 bits per heavy atom. The predicted octanol–water partition coefficient (Wildman–Crippen LogP) is 1.93. The number of pyridine rings is 1. The van der Waals surface area contributed by atoms with E-state index in [9.17, 15) is 9.59 Å². The lowest BCUT2D eigenvalue weighted by molar-refractivity contribution is -0.121. The van der Waals surface area contributed by atoms with Gasteiger partial charge in [-0.1, -0.05) is 35.5 Å². The van der Waals surface area contributed by atoms with Crippen molar-refractivity contribution in [1.29, 1.82) is 0 Å². The number of hydrogen-bond acceptors (Lipinski definition) is 8. The number of benzene rings is 1. The number of nitrogens with zero attached hydrogens (tertiary/aromatic N) is 3. The first-order valence-electron chi connectivity index (χ1n) is 10.1. The maximum atomic E-state index is 13.0. The summed E-state index contributed by atoms with van der Waals surface area (Å²) >= 11 is 0. The molecule has 2 heterocycles. The summed E-state index contributed by atoms with van der Waals surface area (Å²) in [4.78, 5) is 33.5. The van der Waals surface area contributed by atoms with Crippen LogP contribution in [0.3, 0.4) is 0 Å². The Morgan fingerprint density at radius 3 is 2.53 bits per heavy atom. The van der Waals surface area contributed by atoms with Crippen molar-refractivity contribution in [3.63, 3.8) is 0 Å². The van der Waals surface area contributed by atoms with Crippen LogP contribution in [0.15, 0.2) is 47.0 Å². The molecule has 2 aromatic heterocycles. The molecule has 2 amide bonds. The summed E-state index contributed by atoms with van der Waals surface area (Å²) in [6.45, 7) is 0. The predicted molar refractivity (Wildman–Crippen MR) is 113 cm³/mol. The van der Waals surface area contributed by atoms with Crippen molar-refractivity contribution in [2.75, 3.05) is 14.2 Å². The van der Waals surface area contributed by atoms with E-state index in [0.717, 1.165) is 5.56 Å². The van der Waals surface area contributed by atoms with Gasteiger partial charge in [-0.05, 0) is 18.9 Å². The van der Waals surface area contributed by atoms with Gasteiger partial charge in [0.05, 0.1) is 20.1 Å². The second-order valence-electron chi connectivity index (χ2n) is 7.49. The zero-order valence-corrected chi connectivity index (χ0v) is 17.6. The molecule has 1 aliphatic carbocycles. The number of rotatable bonds is 7. The first-order valence-corrected chi connectivity index (χ1v) is 10.1. The number of carbonyl (C=O) groups excluding carboxylic acids is 2. The Balaban J connectivity index is 1.58. The van der Waals surface area contributed by atoms with E-state index in [0.29, 0.717) is 30.4 Å². The van der Waals surface area contributed by atoms with E-state index < -0.39 is 23.8 Å². The molecule has 3 N–H and O–H groups in total. The molecule has 4 rings (SSSR count). The number of carbonyl (C=O) groups is 2. The second-order valence-corrected chi connectivity index (χ2v) is 7.49. The van der Waals surface area contributed by atoms with E-state index in [1.165, 1.54) is 14.2 Å². The third kappa shape index (κ3) is 4.25. The molecule has 32 heavy (non-hydrogen) atoms. The van der Waals surface area contributed by atoms with E-state index >= 15 is 0 Å². The number of methoxy groups -OCH3 is 2. The molecule has 166 valence electrons. The Morgan fingerprint density at radius 1 is 1.06 bits per heavy atom. The molecule has 10 nitrogen and oxygen atoms in total. The van der Waals surface area contributed by atoms with Crippen molar-refractivity contribution in [2.24, 2.45) is 11.7 Å². The van der Waals surface area contributed by atoms with Crippen LogP contribution in [0.4, 0.5) is 0 Å². The minimum atomic E-state index is -0.434. The van der Waals surface area contributed by atoms with Gasteiger partial charge in [-0.3, -0.25) is 9.59 Å². The van der Waals surface area contributed by atoms with Crippen molar-refractivity contribution in [2.45, 2.75) is 24.8 Å². The molecule has 0 bridgehead atoms. The molecule has 3 atom stereocenters. The summed E-state index contributed by atoms with van der Waals surface area (Å²) in [6.07, 6.45) is 0.759. The number of nitrogens with one attached hydrogen (secondary N) is 1. The average molecular weight is 437 g/mol. The largest absolute Gasteiger partial charge is 0.481 e. The van der Waals surface area contributed by atoms with E-state index in [1.54, 1.807) is 12.1 Å². The summed E-state index contributed by atoms with van der Waals surface area (Å²) in [6, 6.07) is 12.1. The first-order chi connectivity index (χ1) is 15.5. The lowest BCUT2D eigenvalue weighted by Crippen LogP contribution is -2.37. The summed E-state index contributed by atoms with van der Waals surface area (Å²) in [5.74, 6) is -0.380.